The molecule has 0 aliphatic carbocycles. The van der Waals surface area contributed by atoms with Gasteiger partial charge in [-0.1, -0.05) is 6.92 Å². The van der Waals surface area contributed by atoms with Gasteiger partial charge in [0.05, 0.1) is 0 Å². The van der Waals surface area contributed by atoms with Crippen LogP contribution in [0.3, 0.4) is 0 Å². The van der Waals surface area contributed by atoms with E-state index in [1.54, 1.807) is 0 Å². The van der Waals surface area contributed by atoms with Gasteiger partial charge in [-0.3, -0.25) is 9.89 Å². The molecule has 1 fully saturated rings. The molecule has 0 unspecified atom stereocenters. The maximum absolute atomic E-state index is 11.5. The molecule has 0 radical (unpaired) electrons. The zero-order chi connectivity index (χ0) is 20.2. The fourth-order valence-electron chi connectivity index (χ4n) is 2.80. The van der Waals surface area contributed by atoms with Crippen LogP contribution in [0.25, 0.3) is 0 Å². The Bertz CT molecular complexity index is 998. The lowest BCUT2D eigenvalue weighted by Crippen LogP contribution is -2.37. The van der Waals surface area contributed by atoms with E-state index in [0.717, 1.165) is 41.0 Å². The van der Waals surface area contributed by atoms with Gasteiger partial charge in [0.25, 0.3) is 0 Å². The molecule has 1 amide bonds. The van der Waals surface area contributed by atoms with Gasteiger partial charge < -0.3 is 15.5 Å². The molecule has 2 aromatic heterocycles. The number of rotatable bonds is 7. The summed E-state index contributed by atoms with van der Waals surface area (Å²) in [4.78, 5) is 24.1. The van der Waals surface area contributed by atoms with Gasteiger partial charge in [0.15, 0.2) is 11.0 Å². The molecular weight excluding hydrogens is 386 g/mol. The minimum absolute atomic E-state index is 0.000282. The van der Waals surface area contributed by atoms with Gasteiger partial charge in [-0.25, -0.2) is 9.97 Å². The van der Waals surface area contributed by atoms with Gasteiger partial charge >= 0.3 is 0 Å². The van der Waals surface area contributed by atoms with Crippen LogP contribution in [0.2, 0.25) is 0 Å². The number of aromatic amines is 1. The number of hydrogen-bond donors (Lipinski definition) is 3. The van der Waals surface area contributed by atoms with Crippen molar-refractivity contribution in [1.82, 2.24) is 20.2 Å². The standard InChI is InChI=1S/C20H23N7OS/c1-3-19(28)21-14-5-7-15(8-6-14)29-20-23-16(22-17-11-13(2)25-26-17)12-18(24-20)27-9-4-10-27/h5-8,11-12H,3-4,9-10H2,1-2H3,(H,21,28)(H2,22,23,24,25,26). The number of anilines is 4. The second-order valence-electron chi connectivity index (χ2n) is 6.82. The van der Waals surface area contributed by atoms with E-state index in [2.05, 4.69) is 30.7 Å². The molecule has 0 bridgehead atoms. The van der Waals surface area contributed by atoms with Crippen molar-refractivity contribution in [2.45, 2.75) is 36.7 Å². The Hall–Kier alpha value is -3.07. The molecule has 1 aromatic carbocycles. The summed E-state index contributed by atoms with van der Waals surface area (Å²) in [5.41, 5.74) is 1.77. The van der Waals surface area contributed by atoms with Gasteiger partial charge in [0.2, 0.25) is 5.91 Å². The molecule has 3 N–H and O–H groups in total. The van der Waals surface area contributed by atoms with Crippen molar-refractivity contribution in [1.29, 1.82) is 0 Å². The monoisotopic (exact) mass is 409 g/mol. The maximum Gasteiger partial charge on any atom is 0.224 e. The van der Waals surface area contributed by atoms with Crippen LogP contribution in [-0.4, -0.2) is 39.2 Å². The molecule has 8 nitrogen and oxygen atoms in total. The average Bonchev–Trinajstić information content (AvgIpc) is 3.06. The average molecular weight is 410 g/mol. The zero-order valence-electron chi connectivity index (χ0n) is 16.4. The number of nitrogens with zero attached hydrogens (tertiary/aromatic N) is 4. The van der Waals surface area contributed by atoms with Crippen molar-refractivity contribution >= 4 is 40.8 Å². The second kappa shape index (κ2) is 8.52. The second-order valence-corrected chi connectivity index (χ2v) is 7.86. The third kappa shape index (κ3) is 4.86. The van der Waals surface area contributed by atoms with Crippen LogP contribution in [0.1, 0.15) is 25.5 Å². The summed E-state index contributed by atoms with van der Waals surface area (Å²) in [6.45, 7) is 5.80. The summed E-state index contributed by atoms with van der Waals surface area (Å²) in [7, 11) is 0. The number of aromatic nitrogens is 4. The molecule has 3 heterocycles. The highest BCUT2D eigenvalue weighted by Crippen LogP contribution is 2.30. The lowest BCUT2D eigenvalue weighted by atomic mass is 10.2. The van der Waals surface area contributed by atoms with Crippen LogP contribution in [0, 0.1) is 6.92 Å². The van der Waals surface area contributed by atoms with Crippen LogP contribution >= 0.6 is 11.8 Å². The predicted molar refractivity (Wildman–Crippen MR) is 115 cm³/mol. The molecule has 29 heavy (non-hydrogen) atoms. The van der Waals surface area contributed by atoms with E-state index in [9.17, 15) is 4.79 Å². The van der Waals surface area contributed by atoms with E-state index in [1.807, 2.05) is 50.2 Å². The van der Waals surface area contributed by atoms with E-state index in [-0.39, 0.29) is 5.91 Å². The molecule has 3 aromatic rings. The molecule has 150 valence electrons. The van der Waals surface area contributed by atoms with E-state index < -0.39 is 0 Å². The zero-order valence-corrected chi connectivity index (χ0v) is 17.2. The normalized spacial score (nSPS) is 13.1. The minimum Gasteiger partial charge on any atom is -0.356 e. The molecule has 4 rings (SSSR count). The van der Waals surface area contributed by atoms with Crippen LogP contribution in [0.15, 0.2) is 46.5 Å². The fraction of sp³-hybridized carbons (Fsp3) is 0.300. The largest absolute Gasteiger partial charge is 0.356 e. The number of nitrogens with one attached hydrogen (secondary N) is 3. The lowest BCUT2D eigenvalue weighted by Gasteiger charge is -2.32. The predicted octanol–water partition coefficient (Wildman–Crippen LogP) is 3.96. The topological polar surface area (TPSA) is 98.8 Å². The third-order valence-electron chi connectivity index (χ3n) is 4.50. The fourth-order valence-corrected chi connectivity index (χ4v) is 3.57. The molecule has 9 heteroatoms. The summed E-state index contributed by atoms with van der Waals surface area (Å²) < 4.78 is 0. The van der Waals surface area contributed by atoms with E-state index in [4.69, 9.17) is 4.98 Å². The van der Waals surface area contributed by atoms with Crippen LogP contribution < -0.4 is 15.5 Å². The van der Waals surface area contributed by atoms with E-state index in [0.29, 0.717) is 17.4 Å². The highest BCUT2D eigenvalue weighted by atomic mass is 32.2. The van der Waals surface area contributed by atoms with Crippen molar-refractivity contribution < 1.29 is 4.79 Å². The minimum atomic E-state index is 0.000282. The summed E-state index contributed by atoms with van der Waals surface area (Å²) in [5, 5.41) is 13.9. The van der Waals surface area contributed by atoms with Gasteiger partial charge in [-0.15, -0.1) is 0 Å². The molecule has 0 atom stereocenters. The Balaban J connectivity index is 1.53. The molecule has 0 spiro atoms. The number of carbonyl (C=O) groups excluding carboxylic acids is 1. The summed E-state index contributed by atoms with van der Waals surface area (Å²) in [6, 6.07) is 11.6. The smallest absolute Gasteiger partial charge is 0.224 e. The highest BCUT2D eigenvalue weighted by molar-refractivity contribution is 7.99. The Morgan fingerprint density at radius 2 is 1.97 bits per heavy atom. The maximum atomic E-state index is 11.5. The number of benzene rings is 1. The van der Waals surface area contributed by atoms with Gasteiger partial charge in [0, 0.05) is 47.9 Å². The van der Waals surface area contributed by atoms with Crippen LogP contribution in [0.4, 0.5) is 23.1 Å². The lowest BCUT2D eigenvalue weighted by molar-refractivity contribution is -0.115. The Kier molecular flexibility index (Phi) is 5.66. The van der Waals surface area contributed by atoms with E-state index in [1.165, 1.54) is 18.2 Å². The van der Waals surface area contributed by atoms with Crippen LogP contribution in [0.5, 0.6) is 0 Å². The number of H-pyrrole nitrogens is 1. The summed E-state index contributed by atoms with van der Waals surface area (Å²) >= 11 is 1.49. The number of amides is 1. The first-order valence-corrected chi connectivity index (χ1v) is 10.4. The number of aryl methyl sites for hydroxylation is 1. The van der Waals surface area contributed by atoms with Crippen molar-refractivity contribution in [3.63, 3.8) is 0 Å². The molecule has 0 saturated carbocycles. The Labute approximate surface area is 173 Å². The number of hydrogen-bond acceptors (Lipinski definition) is 7. The highest BCUT2D eigenvalue weighted by Gasteiger charge is 2.18. The first-order chi connectivity index (χ1) is 14.1. The Morgan fingerprint density at radius 3 is 2.59 bits per heavy atom. The van der Waals surface area contributed by atoms with Crippen molar-refractivity contribution in [2.75, 3.05) is 28.6 Å². The molecular formula is C20H23N7OS. The SMILES string of the molecule is CCC(=O)Nc1ccc(Sc2nc(Nc3cc(C)[nH]n3)cc(N3CCC3)n2)cc1. The summed E-state index contributed by atoms with van der Waals surface area (Å²) in [6.07, 6.45) is 1.64. The number of carbonyl (C=O) groups is 1. The first-order valence-electron chi connectivity index (χ1n) is 9.60. The first kappa shape index (κ1) is 19.3. The van der Waals surface area contributed by atoms with Crippen LogP contribution in [-0.2, 0) is 4.79 Å². The van der Waals surface area contributed by atoms with Crippen molar-refractivity contribution in [3.8, 4) is 0 Å². The van der Waals surface area contributed by atoms with Gasteiger partial charge in [0.1, 0.15) is 11.6 Å². The van der Waals surface area contributed by atoms with Crippen molar-refractivity contribution in [2.24, 2.45) is 0 Å². The van der Waals surface area contributed by atoms with E-state index >= 15 is 0 Å². The van der Waals surface area contributed by atoms with Crippen molar-refractivity contribution in [3.05, 3.63) is 42.1 Å². The third-order valence-corrected chi connectivity index (χ3v) is 5.38. The summed E-state index contributed by atoms with van der Waals surface area (Å²) in [5.74, 6) is 2.35. The van der Waals surface area contributed by atoms with Gasteiger partial charge in [-0.05, 0) is 49.4 Å². The quantitative estimate of drug-likeness (QED) is 0.508. The molecule has 1 aliphatic rings. The molecule has 1 aliphatic heterocycles. The Morgan fingerprint density at radius 1 is 1.17 bits per heavy atom. The van der Waals surface area contributed by atoms with Gasteiger partial charge in [-0.2, -0.15) is 5.10 Å². The molecule has 1 saturated heterocycles.